The van der Waals surface area contributed by atoms with Crippen LogP contribution in [-0.4, -0.2) is 49.1 Å². The predicted molar refractivity (Wildman–Crippen MR) is 96.4 cm³/mol. The van der Waals surface area contributed by atoms with Gasteiger partial charge in [-0.2, -0.15) is 0 Å². The summed E-state index contributed by atoms with van der Waals surface area (Å²) < 4.78 is 11.1. The highest BCUT2D eigenvalue weighted by atomic mass is 16.5. The Balaban J connectivity index is 1.69. The summed E-state index contributed by atoms with van der Waals surface area (Å²) in [6.45, 7) is 8.65. The van der Waals surface area contributed by atoms with Gasteiger partial charge in [0.2, 0.25) is 0 Å². The molecule has 1 aliphatic rings. The van der Waals surface area contributed by atoms with E-state index in [1.54, 1.807) is 14.0 Å². The number of methoxy groups -OCH3 is 1. The van der Waals surface area contributed by atoms with E-state index >= 15 is 0 Å². The van der Waals surface area contributed by atoms with Gasteiger partial charge >= 0.3 is 0 Å². The number of amides is 1. The number of aryl methyl sites for hydroxylation is 1. The van der Waals surface area contributed by atoms with Crippen molar-refractivity contribution < 1.29 is 13.9 Å². The molecule has 1 aromatic carbocycles. The van der Waals surface area contributed by atoms with Crippen molar-refractivity contribution in [2.24, 2.45) is 0 Å². The van der Waals surface area contributed by atoms with Crippen molar-refractivity contribution in [3.8, 4) is 5.75 Å². The molecule has 1 saturated heterocycles. The number of nitrogens with zero attached hydrogens (tertiary/aromatic N) is 3. The van der Waals surface area contributed by atoms with Crippen LogP contribution in [0.4, 0.5) is 5.69 Å². The fourth-order valence-corrected chi connectivity index (χ4v) is 3.05. The smallest absolute Gasteiger partial charge is 0.276 e. The highest BCUT2D eigenvalue weighted by Gasteiger charge is 2.27. The summed E-state index contributed by atoms with van der Waals surface area (Å²) in [4.78, 5) is 21.3. The van der Waals surface area contributed by atoms with E-state index in [2.05, 4.69) is 9.88 Å². The fourth-order valence-electron chi connectivity index (χ4n) is 3.05. The Kier molecular flexibility index (Phi) is 4.97. The van der Waals surface area contributed by atoms with Gasteiger partial charge in [0, 0.05) is 32.1 Å². The molecule has 0 saturated carbocycles. The summed E-state index contributed by atoms with van der Waals surface area (Å²) in [5, 5.41) is 0. The van der Waals surface area contributed by atoms with Crippen molar-refractivity contribution in [1.29, 1.82) is 0 Å². The largest absolute Gasteiger partial charge is 0.495 e. The van der Waals surface area contributed by atoms with Gasteiger partial charge in [-0.3, -0.25) is 4.79 Å². The van der Waals surface area contributed by atoms with Crippen LogP contribution in [0.1, 0.15) is 41.9 Å². The Morgan fingerprint density at radius 3 is 2.48 bits per heavy atom. The van der Waals surface area contributed by atoms with Gasteiger partial charge in [0.1, 0.15) is 11.5 Å². The minimum atomic E-state index is -0.0483. The van der Waals surface area contributed by atoms with E-state index in [-0.39, 0.29) is 11.8 Å². The summed E-state index contributed by atoms with van der Waals surface area (Å²) >= 11 is 0. The van der Waals surface area contributed by atoms with Gasteiger partial charge in [-0.15, -0.1) is 0 Å². The first-order valence-corrected chi connectivity index (χ1v) is 8.65. The van der Waals surface area contributed by atoms with Crippen molar-refractivity contribution in [2.75, 3.05) is 38.2 Å². The molecule has 1 fully saturated rings. The number of carbonyl (C=O) groups is 1. The first-order valence-electron chi connectivity index (χ1n) is 8.65. The third-order valence-electron chi connectivity index (χ3n) is 4.50. The Bertz CT molecular complexity index is 746. The highest BCUT2D eigenvalue weighted by Crippen LogP contribution is 2.28. The lowest BCUT2D eigenvalue weighted by molar-refractivity contribution is 0.0739. The Morgan fingerprint density at radius 2 is 1.88 bits per heavy atom. The van der Waals surface area contributed by atoms with Crippen LogP contribution < -0.4 is 9.64 Å². The zero-order valence-electron chi connectivity index (χ0n) is 15.3. The summed E-state index contributed by atoms with van der Waals surface area (Å²) in [7, 11) is 1.68. The molecule has 1 aliphatic heterocycles. The zero-order valence-corrected chi connectivity index (χ0v) is 15.3. The summed E-state index contributed by atoms with van der Waals surface area (Å²) in [6, 6.07) is 7.97. The number of hydrogen-bond acceptors (Lipinski definition) is 5. The van der Waals surface area contributed by atoms with E-state index < -0.39 is 0 Å². The first-order chi connectivity index (χ1) is 12.0. The molecule has 0 bridgehead atoms. The number of hydrogen-bond donors (Lipinski definition) is 0. The molecule has 0 radical (unpaired) electrons. The number of aromatic nitrogens is 1. The number of carbonyl (C=O) groups excluding carboxylic acids is 1. The van der Waals surface area contributed by atoms with Gasteiger partial charge in [0.05, 0.1) is 12.8 Å². The molecule has 0 N–H and O–H groups in total. The second-order valence-corrected chi connectivity index (χ2v) is 6.56. The van der Waals surface area contributed by atoms with Crippen LogP contribution in [0.5, 0.6) is 5.75 Å². The SMILES string of the molecule is COc1ccccc1N1CCN(C(=O)c2nc(C(C)C)oc2C)CC1. The molecule has 1 amide bonds. The predicted octanol–water partition coefficient (Wildman–Crippen LogP) is 3.08. The van der Waals surface area contributed by atoms with Gasteiger partial charge in [-0.25, -0.2) is 4.98 Å². The van der Waals surface area contributed by atoms with Crippen LogP contribution in [0.25, 0.3) is 0 Å². The van der Waals surface area contributed by atoms with Crippen molar-refractivity contribution >= 4 is 11.6 Å². The molecule has 25 heavy (non-hydrogen) atoms. The maximum Gasteiger partial charge on any atom is 0.276 e. The molecule has 3 rings (SSSR count). The molecule has 0 unspecified atom stereocenters. The number of anilines is 1. The molecule has 0 spiro atoms. The lowest BCUT2D eigenvalue weighted by atomic mass is 10.2. The van der Waals surface area contributed by atoms with Crippen molar-refractivity contribution in [1.82, 2.24) is 9.88 Å². The molecule has 6 heteroatoms. The number of piperazine rings is 1. The molecule has 0 aliphatic carbocycles. The minimum Gasteiger partial charge on any atom is -0.495 e. The molecule has 134 valence electrons. The number of benzene rings is 1. The normalized spacial score (nSPS) is 14.9. The van der Waals surface area contributed by atoms with Crippen LogP contribution in [0.3, 0.4) is 0 Å². The molecular formula is C19H25N3O3. The molecule has 2 aromatic rings. The van der Waals surface area contributed by atoms with Gasteiger partial charge < -0.3 is 19.0 Å². The van der Waals surface area contributed by atoms with E-state index in [0.717, 1.165) is 24.5 Å². The minimum absolute atomic E-state index is 0.0483. The van der Waals surface area contributed by atoms with Crippen molar-refractivity contribution in [2.45, 2.75) is 26.7 Å². The Morgan fingerprint density at radius 1 is 1.20 bits per heavy atom. The van der Waals surface area contributed by atoms with Crippen LogP contribution in [0, 0.1) is 6.92 Å². The van der Waals surface area contributed by atoms with E-state index in [0.29, 0.717) is 30.4 Å². The van der Waals surface area contributed by atoms with Crippen LogP contribution >= 0.6 is 0 Å². The average molecular weight is 343 g/mol. The van der Waals surface area contributed by atoms with Gasteiger partial charge in [0.15, 0.2) is 11.6 Å². The van der Waals surface area contributed by atoms with Gasteiger partial charge in [-0.05, 0) is 19.1 Å². The molecule has 2 heterocycles. The Labute approximate surface area is 148 Å². The van der Waals surface area contributed by atoms with E-state index in [4.69, 9.17) is 9.15 Å². The Hall–Kier alpha value is -2.50. The third kappa shape index (κ3) is 3.48. The molecule has 0 atom stereocenters. The number of oxazole rings is 1. The van der Waals surface area contributed by atoms with Gasteiger partial charge in [0.25, 0.3) is 5.91 Å². The number of para-hydroxylation sites is 2. The summed E-state index contributed by atoms with van der Waals surface area (Å²) in [5.41, 5.74) is 1.51. The average Bonchev–Trinajstić information content (AvgIpc) is 3.03. The zero-order chi connectivity index (χ0) is 18.0. The second-order valence-electron chi connectivity index (χ2n) is 6.56. The lowest BCUT2D eigenvalue weighted by Gasteiger charge is -2.36. The van der Waals surface area contributed by atoms with E-state index in [9.17, 15) is 4.79 Å². The van der Waals surface area contributed by atoms with Crippen LogP contribution in [0.15, 0.2) is 28.7 Å². The van der Waals surface area contributed by atoms with Crippen molar-refractivity contribution in [3.05, 3.63) is 41.6 Å². The topological polar surface area (TPSA) is 58.8 Å². The van der Waals surface area contributed by atoms with E-state index in [1.165, 1.54) is 0 Å². The maximum absolute atomic E-state index is 12.8. The lowest BCUT2D eigenvalue weighted by Crippen LogP contribution is -2.49. The monoisotopic (exact) mass is 343 g/mol. The molecule has 1 aromatic heterocycles. The van der Waals surface area contributed by atoms with E-state index in [1.807, 2.05) is 43.0 Å². The number of ether oxygens (including phenoxy) is 1. The highest BCUT2D eigenvalue weighted by molar-refractivity contribution is 5.93. The summed E-state index contributed by atoms with van der Waals surface area (Å²) in [6.07, 6.45) is 0. The quantitative estimate of drug-likeness (QED) is 0.854. The third-order valence-corrected chi connectivity index (χ3v) is 4.50. The fraction of sp³-hybridized carbons (Fsp3) is 0.474. The number of rotatable bonds is 4. The van der Waals surface area contributed by atoms with Gasteiger partial charge in [-0.1, -0.05) is 26.0 Å². The summed E-state index contributed by atoms with van der Waals surface area (Å²) in [5.74, 6) is 2.20. The van der Waals surface area contributed by atoms with Crippen LogP contribution in [-0.2, 0) is 0 Å². The second kappa shape index (κ2) is 7.17. The maximum atomic E-state index is 12.8. The first kappa shape index (κ1) is 17.3. The molecular weight excluding hydrogens is 318 g/mol. The van der Waals surface area contributed by atoms with Crippen LogP contribution in [0.2, 0.25) is 0 Å². The standard InChI is InChI=1S/C19H25N3O3/c1-13(2)18-20-17(14(3)25-18)19(23)22-11-9-21(10-12-22)15-7-5-6-8-16(15)24-4/h5-8,13H,9-12H2,1-4H3. The molecule has 6 nitrogen and oxygen atoms in total. The van der Waals surface area contributed by atoms with Crippen molar-refractivity contribution in [3.63, 3.8) is 0 Å².